The molecule has 3 aromatic carbocycles. The third-order valence-corrected chi connectivity index (χ3v) is 6.59. The van der Waals surface area contributed by atoms with Crippen LogP contribution in [0.5, 0.6) is 5.75 Å². The van der Waals surface area contributed by atoms with E-state index in [1.54, 1.807) is 4.90 Å². The Bertz CT molecular complexity index is 1230. The quantitative estimate of drug-likeness (QED) is 0.305. The van der Waals surface area contributed by atoms with Crippen molar-refractivity contribution < 1.29 is 14.6 Å². The molecule has 5 N–H and O–H groups in total. The van der Waals surface area contributed by atoms with Gasteiger partial charge in [-0.05, 0) is 84.6 Å². The number of hydrogen-bond donors (Lipinski definition) is 4. The lowest BCUT2D eigenvalue weighted by Gasteiger charge is -2.26. The van der Waals surface area contributed by atoms with Crippen LogP contribution in [0.15, 0.2) is 54.6 Å². The van der Waals surface area contributed by atoms with Crippen LogP contribution in [0.25, 0.3) is 10.8 Å². The van der Waals surface area contributed by atoms with Crippen LogP contribution in [0.3, 0.4) is 0 Å². The fourth-order valence-corrected chi connectivity index (χ4v) is 4.90. The molecule has 0 radical (unpaired) electrons. The van der Waals surface area contributed by atoms with Crippen LogP contribution >= 0.6 is 24.8 Å². The van der Waals surface area contributed by atoms with Crippen LogP contribution in [0.2, 0.25) is 0 Å². The van der Waals surface area contributed by atoms with Crippen LogP contribution in [0.4, 0.5) is 5.69 Å². The maximum Gasteiger partial charge on any atom is 0.253 e. The average molecular weight is 517 g/mol. The van der Waals surface area contributed by atoms with Crippen LogP contribution in [0, 0.1) is 5.41 Å². The molecule has 1 amide bonds. The van der Waals surface area contributed by atoms with Gasteiger partial charge in [0.25, 0.3) is 5.91 Å². The number of piperidine rings is 1. The van der Waals surface area contributed by atoms with E-state index in [4.69, 9.17) is 15.9 Å². The fraction of sp³-hybridized carbons (Fsp3) is 0.308. The zero-order chi connectivity index (χ0) is 22.9. The van der Waals surface area contributed by atoms with Gasteiger partial charge in [-0.2, -0.15) is 0 Å². The highest BCUT2D eigenvalue weighted by Crippen LogP contribution is 2.42. The highest BCUT2D eigenvalue weighted by molar-refractivity contribution is 6.00. The molecule has 0 spiro atoms. The molecule has 35 heavy (non-hydrogen) atoms. The molecule has 1 atom stereocenters. The first-order valence-corrected chi connectivity index (χ1v) is 11.3. The van der Waals surface area contributed by atoms with Crippen LogP contribution in [-0.2, 0) is 11.2 Å². The Morgan fingerprint density at radius 1 is 1.06 bits per heavy atom. The number of ether oxygens (including phenoxy) is 1. The lowest BCUT2D eigenvalue weighted by Crippen LogP contribution is -2.34. The van der Waals surface area contributed by atoms with Gasteiger partial charge in [-0.1, -0.05) is 24.3 Å². The first-order chi connectivity index (χ1) is 16.0. The fourth-order valence-electron chi connectivity index (χ4n) is 4.90. The molecule has 2 aliphatic rings. The lowest BCUT2D eigenvalue weighted by molar-refractivity contribution is -0.121. The van der Waals surface area contributed by atoms with Crippen molar-refractivity contribution in [2.45, 2.75) is 31.4 Å². The molecule has 0 saturated carbocycles. The van der Waals surface area contributed by atoms with Gasteiger partial charge in [0.05, 0.1) is 6.04 Å². The summed E-state index contributed by atoms with van der Waals surface area (Å²) in [5.74, 6) is 0.514. The first-order valence-electron chi connectivity index (χ1n) is 11.3. The van der Waals surface area contributed by atoms with Gasteiger partial charge >= 0.3 is 0 Å². The second-order valence-electron chi connectivity index (χ2n) is 8.73. The number of benzene rings is 3. The number of fused-ring (bicyclic) bond motifs is 2. The van der Waals surface area contributed by atoms with Crippen molar-refractivity contribution in [2.75, 3.05) is 24.6 Å². The summed E-state index contributed by atoms with van der Waals surface area (Å²) in [7, 11) is 0. The van der Waals surface area contributed by atoms with E-state index in [-0.39, 0.29) is 48.7 Å². The second kappa shape index (κ2) is 11.3. The molecule has 2 aliphatic heterocycles. The molecule has 1 saturated heterocycles. The maximum absolute atomic E-state index is 12.8. The molecular weight excluding hydrogens is 487 g/mol. The predicted octanol–water partition coefficient (Wildman–Crippen LogP) is 3.72. The van der Waals surface area contributed by atoms with E-state index in [0.717, 1.165) is 59.3 Å². The molecule has 1 fully saturated rings. The molecule has 5 rings (SSSR count). The third kappa shape index (κ3) is 5.38. The Balaban J connectivity index is 0.00000171. The van der Waals surface area contributed by atoms with E-state index in [1.165, 1.54) is 0 Å². The molecule has 0 bridgehead atoms. The van der Waals surface area contributed by atoms with E-state index >= 15 is 0 Å². The standard InChI is InChI=1S/C26H28N4O3.2ClH/c27-26(28)18-4-2-16-1-3-17(11-19(16)12-18)24-14-20-13-22(33-21-7-9-29-10-8-21)5-6-23(20)30(24)25(32)15-31;;/h1-6,11-13,21,24,29,31H,7-10,14-15H2,(H3,27,28);2*1H. The summed E-state index contributed by atoms with van der Waals surface area (Å²) in [6.45, 7) is 1.37. The molecule has 9 heteroatoms. The summed E-state index contributed by atoms with van der Waals surface area (Å²) in [5.41, 5.74) is 9.16. The SMILES string of the molecule is Cl.Cl.N=C(N)c1ccc2ccc(C3Cc4cc(OC5CCNCC5)ccc4N3C(=O)CO)cc2c1. The lowest BCUT2D eigenvalue weighted by atomic mass is 9.97. The van der Waals surface area contributed by atoms with Gasteiger partial charge in [0, 0.05) is 11.3 Å². The third-order valence-electron chi connectivity index (χ3n) is 6.59. The van der Waals surface area contributed by atoms with Crippen molar-refractivity contribution in [3.05, 3.63) is 71.3 Å². The largest absolute Gasteiger partial charge is 0.490 e. The smallest absolute Gasteiger partial charge is 0.253 e. The summed E-state index contributed by atoms with van der Waals surface area (Å²) in [6, 6.07) is 17.4. The number of nitrogens with two attached hydrogens (primary N) is 1. The zero-order valence-corrected chi connectivity index (χ0v) is 20.8. The van der Waals surface area contributed by atoms with E-state index in [2.05, 4.69) is 5.32 Å². The van der Waals surface area contributed by atoms with Crippen molar-refractivity contribution in [3.63, 3.8) is 0 Å². The van der Waals surface area contributed by atoms with Gasteiger partial charge < -0.3 is 25.8 Å². The molecule has 3 aromatic rings. The number of halogens is 2. The number of nitrogen functional groups attached to an aromatic ring is 1. The molecule has 186 valence electrons. The molecule has 0 aromatic heterocycles. The second-order valence-corrected chi connectivity index (χ2v) is 8.73. The minimum absolute atomic E-state index is 0. The van der Waals surface area contributed by atoms with Crippen LogP contribution < -0.4 is 20.7 Å². The number of carbonyl (C=O) groups is 1. The number of amidine groups is 1. The number of aliphatic hydroxyl groups is 1. The van der Waals surface area contributed by atoms with Crippen LogP contribution in [-0.4, -0.2) is 42.6 Å². The Morgan fingerprint density at radius 3 is 2.51 bits per heavy atom. The Hall–Kier alpha value is -2.84. The number of aliphatic hydroxyl groups excluding tert-OH is 1. The Morgan fingerprint density at radius 2 is 1.80 bits per heavy atom. The van der Waals surface area contributed by atoms with Crippen molar-refractivity contribution >= 4 is 53.0 Å². The molecular formula is C26H30Cl2N4O3. The molecule has 2 heterocycles. The molecule has 0 aliphatic carbocycles. The van der Waals surface area contributed by atoms with Crippen molar-refractivity contribution in [1.82, 2.24) is 5.32 Å². The van der Waals surface area contributed by atoms with Gasteiger partial charge in [0.2, 0.25) is 0 Å². The van der Waals surface area contributed by atoms with E-state index in [9.17, 15) is 9.90 Å². The van der Waals surface area contributed by atoms with E-state index < -0.39 is 6.61 Å². The van der Waals surface area contributed by atoms with Crippen molar-refractivity contribution in [3.8, 4) is 5.75 Å². The van der Waals surface area contributed by atoms with Gasteiger partial charge in [0.15, 0.2) is 0 Å². The Kier molecular flexibility index (Phi) is 8.61. The summed E-state index contributed by atoms with van der Waals surface area (Å²) >= 11 is 0. The summed E-state index contributed by atoms with van der Waals surface area (Å²) < 4.78 is 6.21. The molecule has 1 unspecified atom stereocenters. The first kappa shape index (κ1) is 26.8. The van der Waals surface area contributed by atoms with Gasteiger partial charge in [-0.15, -0.1) is 24.8 Å². The van der Waals surface area contributed by atoms with Gasteiger partial charge in [-0.25, -0.2) is 0 Å². The normalized spacial score (nSPS) is 17.3. The monoisotopic (exact) mass is 516 g/mol. The number of rotatable bonds is 5. The minimum atomic E-state index is -0.550. The summed E-state index contributed by atoms with van der Waals surface area (Å²) in [5, 5.41) is 22.7. The van der Waals surface area contributed by atoms with Gasteiger partial charge in [-0.3, -0.25) is 10.2 Å². The number of amides is 1. The van der Waals surface area contributed by atoms with Crippen molar-refractivity contribution in [1.29, 1.82) is 5.41 Å². The number of hydrogen-bond acceptors (Lipinski definition) is 5. The van der Waals surface area contributed by atoms with Crippen LogP contribution in [0.1, 0.15) is 35.6 Å². The highest BCUT2D eigenvalue weighted by atomic mass is 35.5. The van der Waals surface area contributed by atoms with Gasteiger partial charge in [0.1, 0.15) is 24.3 Å². The predicted molar refractivity (Wildman–Crippen MR) is 143 cm³/mol. The van der Waals surface area contributed by atoms with Crippen molar-refractivity contribution in [2.24, 2.45) is 5.73 Å². The number of nitrogens with one attached hydrogen (secondary N) is 2. The Labute approximate surface area is 217 Å². The number of nitrogens with zero attached hydrogens (tertiary/aromatic N) is 1. The minimum Gasteiger partial charge on any atom is -0.490 e. The molecule has 7 nitrogen and oxygen atoms in total. The topological polar surface area (TPSA) is 112 Å². The number of carbonyl (C=O) groups excluding carboxylic acids is 1. The maximum atomic E-state index is 12.8. The summed E-state index contributed by atoms with van der Waals surface area (Å²) in [6.07, 6.45) is 2.80. The highest BCUT2D eigenvalue weighted by Gasteiger charge is 2.35. The summed E-state index contributed by atoms with van der Waals surface area (Å²) in [4.78, 5) is 14.5. The van der Waals surface area contributed by atoms with E-state index in [1.807, 2.05) is 54.6 Å². The number of anilines is 1. The van der Waals surface area contributed by atoms with E-state index in [0.29, 0.717) is 12.0 Å². The average Bonchev–Trinajstić information content (AvgIpc) is 3.22. The zero-order valence-electron chi connectivity index (χ0n) is 19.2.